The Bertz CT molecular complexity index is 747. The normalized spacial score (nSPS) is 15.3. The molecule has 2 heterocycles. The lowest BCUT2D eigenvalue weighted by Crippen LogP contribution is -2.45. The van der Waals surface area contributed by atoms with E-state index in [0.717, 1.165) is 37.6 Å². The first-order valence-electron chi connectivity index (χ1n) is 8.29. The molecular formula is C18H22FN5O. The Balaban J connectivity index is 1.78. The summed E-state index contributed by atoms with van der Waals surface area (Å²) in [6.45, 7) is 7.44. The number of halogens is 1. The van der Waals surface area contributed by atoms with Crippen LogP contribution in [0.15, 0.2) is 24.3 Å². The molecule has 1 aromatic carbocycles. The van der Waals surface area contributed by atoms with Crippen molar-refractivity contribution in [1.82, 2.24) is 14.9 Å². The summed E-state index contributed by atoms with van der Waals surface area (Å²) in [6.07, 6.45) is 0. The van der Waals surface area contributed by atoms with Crippen LogP contribution in [-0.2, 0) is 0 Å². The lowest BCUT2D eigenvalue weighted by Gasteiger charge is -2.32. The van der Waals surface area contributed by atoms with Gasteiger partial charge in [-0.25, -0.2) is 14.4 Å². The molecule has 0 unspecified atom stereocenters. The highest BCUT2D eigenvalue weighted by Gasteiger charge is 2.19. The molecule has 3 rings (SSSR count). The van der Waals surface area contributed by atoms with Gasteiger partial charge in [0.05, 0.1) is 17.1 Å². The number of hydrogen-bond acceptors (Lipinski definition) is 5. The second kappa shape index (κ2) is 7.14. The molecule has 0 aliphatic carbocycles. The van der Waals surface area contributed by atoms with Crippen LogP contribution in [0.1, 0.15) is 21.7 Å². The number of benzene rings is 1. The quantitative estimate of drug-likeness (QED) is 0.926. The Morgan fingerprint density at radius 3 is 2.16 bits per heavy atom. The third-order valence-corrected chi connectivity index (χ3v) is 4.39. The van der Waals surface area contributed by atoms with Crippen molar-refractivity contribution in [3.8, 4) is 0 Å². The molecule has 2 aromatic rings. The Hall–Kier alpha value is -2.54. The number of nitrogens with zero attached hydrogens (tertiary/aromatic N) is 4. The number of carbonyl (C=O) groups excluding carboxylic acids is 1. The molecule has 1 N–H and O–H groups in total. The van der Waals surface area contributed by atoms with Crippen LogP contribution in [-0.4, -0.2) is 54.0 Å². The molecular weight excluding hydrogens is 321 g/mol. The number of piperazine rings is 1. The number of likely N-dealkylation sites (N-methyl/N-ethyl adjacent to an activating group) is 1. The molecule has 6 nitrogen and oxygen atoms in total. The molecule has 1 amide bonds. The van der Waals surface area contributed by atoms with Crippen LogP contribution in [0.3, 0.4) is 0 Å². The van der Waals surface area contributed by atoms with E-state index in [0.29, 0.717) is 17.2 Å². The number of hydrogen-bond donors (Lipinski definition) is 1. The number of rotatable bonds is 3. The minimum Gasteiger partial charge on any atom is -0.338 e. The molecule has 0 spiro atoms. The van der Waals surface area contributed by atoms with Gasteiger partial charge in [0.15, 0.2) is 0 Å². The van der Waals surface area contributed by atoms with Gasteiger partial charge in [-0.2, -0.15) is 0 Å². The minimum atomic E-state index is -0.372. The van der Waals surface area contributed by atoms with Gasteiger partial charge in [0.2, 0.25) is 5.95 Å². The summed E-state index contributed by atoms with van der Waals surface area (Å²) in [5, 5.41) is 2.84. The van der Waals surface area contributed by atoms with Crippen LogP contribution in [0.5, 0.6) is 0 Å². The summed E-state index contributed by atoms with van der Waals surface area (Å²) < 4.78 is 13.0. The molecule has 0 radical (unpaired) electrons. The zero-order chi connectivity index (χ0) is 18.0. The molecule has 1 aliphatic rings. The first kappa shape index (κ1) is 17.3. The molecule has 1 aliphatic heterocycles. The van der Waals surface area contributed by atoms with Gasteiger partial charge >= 0.3 is 0 Å². The zero-order valence-electron chi connectivity index (χ0n) is 14.7. The smallest absolute Gasteiger partial charge is 0.255 e. The molecule has 0 saturated carbocycles. The number of aryl methyl sites for hydroxylation is 2. The van der Waals surface area contributed by atoms with Gasteiger partial charge in [0.25, 0.3) is 5.91 Å². The van der Waals surface area contributed by atoms with Crippen molar-refractivity contribution in [2.24, 2.45) is 0 Å². The lowest BCUT2D eigenvalue weighted by atomic mass is 10.2. The van der Waals surface area contributed by atoms with Gasteiger partial charge in [-0.3, -0.25) is 4.79 Å². The monoisotopic (exact) mass is 343 g/mol. The average Bonchev–Trinajstić information content (AvgIpc) is 2.59. The first-order chi connectivity index (χ1) is 11.9. The maximum atomic E-state index is 13.0. The highest BCUT2D eigenvalue weighted by molar-refractivity contribution is 6.04. The largest absolute Gasteiger partial charge is 0.338 e. The second-order valence-electron chi connectivity index (χ2n) is 6.32. The molecule has 25 heavy (non-hydrogen) atoms. The summed E-state index contributed by atoms with van der Waals surface area (Å²) in [5.41, 5.74) is 2.43. The number of amides is 1. The van der Waals surface area contributed by atoms with Crippen LogP contribution in [0.25, 0.3) is 0 Å². The Kier molecular flexibility index (Phi) is 4.94. The minimum absolute atomic E-state index is 0.304. The van der Waals surface area contributed by atoms with E-state index in [-0.39, 0.29) is 11.7 Å². The summed E-state index contributed by atoms with van der Waals surface area (Å²) in [4.78, 5) is 25.9. The van der Waals surface area contributed by atoms with E-state index in [2.05, 4.69) is 32.1 Å². The van der Waals surface area contributed by atoms with E-state index in [4.69, 9.17) is 0 Å². The van der Waals surface area contributed by atoms with Crippen LogP contribution >= 0.6 is 0 Å². The van der Waals surface area contributed by atoms with E-state index in [1.54, 1.807) is 0 Å². The van der Waals surface area contributed by atoms with Crippen molar-refractivity contribution in [2.45, 2.75) is 13.8 Å². The van der Waals surface area contributed by atoms with Gasteiger partial charge < -0.3 is 15.1 Å². The van der Waals surface area contributed by atoms with Gasteiger partial charge in [0.1, 0.15) is 5.82 Å². The van der Waals surface area contributed by atoms with Crippen molar-refractivity contribution in [2.75, 3.05) is 43.4 Å². The molecule has 0 bridgehead atoms. The molecule has 0 atom stereocenters. The van der Waals surface area contributed by atoms with Gasteiger partial charge in [-0.15, -0.1) is 0 Å². The summed E-state index contributed by atoms with van der Waals surface area (Å²) in [5.74, 6) is 0.0220. The number of carbonyl (C=O) groups is 1. The fourth-order valence-electron chi connectivity index (χ4n) is 2.81. The summed E-state index contributed by atoms with van der Waals surface area (Å²) in [6, 6.07) is 5.44. The zero-order valence-corrected chi connectivity index (χ0v) is 14.7. The topological polar surface area (TPSA) is 61.4 Å². The number of nitrogens with one attached hydrogen (secondary N) is 1. The summed E-state index contributed by atoms with van der Waals surface area (Å²) in [7, 11) is 2.10. The molecule has 1 saturated heterocycles. The van der Waals surface area contributed by atoms with E-state index >= 15 is 0 Å². The van der Waals surface area contributed by atoms with E-state index in [1.165, 1.54) is 24.3 Å². The summed E-state index contributed by atoms with van der Waals surface area (Å²) >= 11 is 0. The Labute approximate surface area is 146 Å². The van der Waals surface area contributed by atoms with E-state index < -0.39 is 0 Å². The third-order valence-electron chi connectivity index (χ3n) is 4.39. The maximum absolute atomic E-state index is 13.0. The Morgan fingerprint density at radius 1 is 1.04 bits per heavy atom. The second-order valence-corrected chi connectivity index (χ2v) is 6.32. The standard InChI is InChI=1S/C18H22FN5O/c1-12-16(22-17(25)14-4-6-15(19)7-5-14)13(2)21-18(20-12)24-10-8-23(3)9-11-24/h4-7H,8-11H2,1-3H3,(H,22,25). The fourth-order valence-corrected chi connectivity index (χ4v) is 2.81. The van der Waals surface area contributed by atoms with Crippen molar-refractivity contribution < 1.29 is 9.18 Å². The van der Waals surface area contributed by atoms with Gasteiger partial charge in [0, 0.05) is 31.7 Å². The van der Waals surface area contributed by atoms with Gasteiger partial charge in [-0.1, -0.05) is 0 Å². The van der Waals surface area contributed by atoms with E-state index in [1.807, 2.05) is 13.8 Å². The molecule has 132 valence electrons. The van der Waals surface area contributed by atoms with Crippen molar-refractivity contribution in [1.29, 1.82) is 0 Å². The SMILES string of the molecule is Cc1nc(N2CCN(C)CC2)nc(C)c1NC(=O)c1ccc(F)cc1. The van der Waals surface area contributed by atoms with Crippen molar-refractivity contribution >= 4 is 17.5 Å². The van der Waals surface area contributed by atoms with E-state index in [9.17, 15) is 9.18 Å². The third kappa shape index (κ3) is 3.93. The first-order valence-corrected chi connectivity index (χ1v) is 8.29. The average molecular weight is 343 g/mol. The van der Waals surface area contributed by atoms with Gasteiger partial charge in [-0.05, 0) is 45.2 Å². The molecule has 7 heteroatoms. The predicted molar refractivity (Wildman–Crippen MR) is 95.6 cm³/mol. The highest BCUT2D eigenvalue weighted by atomic mass is 19.1. The van der Waals surface area contributed by atoms with Crippen LogP contribution in [0, 0.1) is 19.7 Å². The van der Waals surface area contributed by atoms with Crippen molar-refractivity contribution in [3.63, 3.8) is 0 Å². The predicted octanol–water partition coefficient (Wildman–Crippen LogP) is 2.24. The van der Waals surface area contributed by atoms with Crippen molar-refractivity contribution in [3.05, 3.63) is 47.0 Å². The lowest BCUT2D eigenvalue weighted by molar-refractivity contribution is 0.102. The number of anilines is 2. The van der Waals surface area contributed by atoms with Crippen LogP contribution in [0.2, 0.25) is 0 Å². The highest BCUT2D eigenvalue weighted by Crippen LogP contribution is 2.22. The fraction of sp³-hybridized carbons (Fsp3) is 0.389. The van der Waals surface area contributed by atoms with Crippen LogP contribution < -0.4 is 10.2 Å². The number of aromatic nitrogens is 2. The Morgan fingerprint density at radius 2 is 1.60 bits per heavy atom. The molecule has 1 aromatic heterocycles. The maximum Gasteiger partial charge on any atom is 0.255 e. The van der Waals surface area contributed by atoms with Crippen LogP contribution in [0.4, 0.5) is 16.0 Å². The molecule has 1 fully saturated rings.